The van der Waals surface area contributed by atoms with Crippen molar-refractivity contribution in [1.29, 1.82) is 0 Å². The minimum absolute atomic E-state index is 0.898. The van der Waals surface area contributed by atoms with Gasteiger partial charge in [-0.2, -0.15) is 26.3 Å². The average molecular weight is 543 g/mol. The standard InChI is InChI=1S/C17H25N5O.2C2HF3O2/c1-13-16(14(2)23-19-13)11-21-7-8-22-10-15(18-17(22)12-21)9-20-5-3-4-6-20;2*3-2(4,5)1(6)7/h10H,3-9,11-12H2,1-2H3;2*(H,6,7). The molecule has 10 nitrogen and oxygen atoms in total. The largest absolute Gasteiger partial charge is 0.490 e. The molecule has 2 aromatic heterocycles. The summed E-state index contributed by atoms with van der Waals surface area (Å²) >= 11 is 0. The highest BCUT2D eigenvalue weighted by Gasteiger charge is 2.38. The number of alkyl halides is 6. The predicted molar refractivity (Wildman–Crippen MR) is 114 cm³/mol. The molecule has 0 aromatic carbocycles. The number of likely N-dealkylation sites (tertiary alicyclic amines) is 1. The summed E-state index contributed by atoms with van der Waals surface area (Å²) in [6, 6.07) is 0. The van der Waals surface area contributed by atoms with E-state index in [1.807, 2.05) is 13.8 Å². The second-order valence-electron chi connectivity index (χ2n) is 8.44. The van der Waals surface area contributed by atoms with Crippen molar-refractivity contribution in [1.82, 2.24) is 24.5 Å². The lowest BCUT2D eigenvalue weighted by molar-refractivity contribution is -0.193. The molecule has 0 bridgehead atoms. The van der Waals surface area contributed by atoms with Gasteiger partial charge < -0.3 is 19.3 Å². The number of hydrogen-bond donors (Lipinski definition) is 2. The summed E-state index contributed by atoms with van der Waals surface area (Å²) in [6.07, 6.45) is -5.25. The summed E-state index contributed by atoms with van der Waals surface area (Å²) in [5.74, 6) is -3.39. The van der Waals surface area contributed by atoms with Crippen LogP contribution in [0.3, 0.4) is 0 Å². The van der Waals surface area contributed by atoms with E-state index in [9.17, 15) is 26.3 Å². The first kappa shape index (κ1) is 30.1. The van der Waals surface area contributed by atoms with Crippen LogP contribution in [0.1, 0.15) is 41.4 Å². The molecule has 2 aromatic rings. The minimum Gasteiger partial charge on any atom is -0.475 e. The van der Waals surface area contributed by atoms with E-state index in [1.54, 1.807) is 0 Å². The van der Waals surface area contributed by atoms with E-state index in [1.165, 1.54) is 43.0 Å². The molecule has 0 spiro atoms. The molecule has 208 valence electrons. The van der Waals surface area contributed by atoms with Gasteiger partial charge in [0.05, 0.1) is 17.9 Å². The van der Waals surface area contributed by atoms with Crippen molar-refractivity contribution in [3.63, 3.8) is 0 Å². The Balaban J connectivity index is 0.000000286. The van der Waals surface area contributed by atoms with Crippen LogP contribution in [-0.4, -0.2) is 78.6 Å². The first-order valence-corrected chi connectivity index (χ1v) is 11.1. The Labute approximate surface area is 207 Å². The van der Waals surface area contributed by atoms with Crippen molar-refractivity contribution in [3.8, 4) is 0 Å². The van der Waals surface area contributed by atoms with Crippen molar-refractivity contribution in [2.75, 3.05) is 19.6 Å². The number of aliphatic carboxylic acids is 2. The maximum absolute atomic E-state index is 10.6. The molecule has 0 radical (unpaired) electrons. The lowest BCUT2D eigenvalue weighted by atomic mass is 10.2. The number of imidazole rings is 1. The van der Waals surface area contributed by atoms with E-state index in [2.05, 4.69) is 25.7 Å². The van der Waals surface area contributed by atoms with Gasteiger partial charge in [-0.1, -0.05) is 5.16 Å². The first-order valence-electron chi connectivity index (χ1n) is 11.1. The summed E-state index contributed by atoms with van der Waals surface area (Å²) in [5, 5.41) is 18.3. The van der Waals surface area contributed by atoms with Gasteiger partial charge in [0.15, 0.2) is 0 Å². The molecule has 2 N–H and O–H groups in total. The van der Waals surface area contributed by atoms with Gasteiger partial charge in [-0.05, 0) is 39.8 Å². The van der Waals surface area contributed by atoms with E-state index in [0.29, 0.717) is 0 Å². The molecule has 16 heteroatoms. The smallest absolute Gasteiger partial charge is 0.475 e. The number of carbonyl (C=O) groups is 2. The normalized spacial score (nSPS) is 16.3. The second kappa shape index (κ2) is 12.4. The maximum atomic E-state index is 10.6. The van der Waals surface area contributed by atoms with Gasteiger partial charge >= 0.3 is 24.3 Å². The Morgan fingerprint density at radius 3 is 1.92 bits per heavy atom. The monoisotopic (exact) mass is 543 g/mol. The van der Waals surface area contributed by atoms with Gasteiger partial charge in [-0.25, -0.2) is 14.6 Å². The zero-order valence-corrected chi connectivity index (χ0v) is 20.1. The van der Waals surface area contributed by atoms with Crippen molar-refractivity contribution in [2.24, 2.45) is 0 Å². The van der Waals surface area contributed by atoms with Crippen LogP contribution >= 0.6 is 0 Å². The fraction of sp³-hybridized carbons (Fsp3) is 0.619. The van der Waals surface area contributed by atoms with Gasteiger partial charge in [0.1, 0.15) is 11.6 Å². The summed E-state index contributed by atoms with van der Waals surface area (Å²) in [7, 11) is 0. The van der Waals surface area contributed by atoms with E-state index >= 15 is 0 Å². The Kier molecular flexibility index (Phi) is 10.1. The van der Waals surface area contributed by atoms with Crippen LogP contribution in [0, 0.1) is 13.8 Å². The lowest BCUT2D eigenvalue weighted by Crippen LogP contribution is -2.33. The van der Waals surface area contributed by atoms with Crippen LogP contribution in [0.25, 0.3) is 0 Å². The van der Waals surface area contributed by atoms with Crippen molar-refractivity contribution in [2.45, 2.75) is 65.2 Å². The fourth-order valence-corrected chi connectivity index (χ4v) is 3.69. The topological polar surface area (TPSA) is 125 Å². The van der Waals surface area contributed by atoms with Gasteiger partial charge in [0.2, 0.25) is 0 Å². The van der Waals surface area contributed by atoms with Gasteiger partial charge in [-0.15, -0.1) is 0 Å². The van der Waals surface area contributed by atoms with Crippen LogP contribution in [0.15, 0.2) is 10.7 Å². The molecule has 0 atom stereocenters. The highest BCUT2D eigenvalue weighted by atomic mass is 19.4. The van der Waals surface area contributed by atoms with Crippen LogP contribution in [0.5, 0.6) is 0 Å². The highest BCUT2D eigenvalue weighted by Crippen LogP contribution is 2.21. The molecule has 1 fully saturated rings. The summed E-state index contributed by atoms with van der Waals surface area (Å²) in [4.78, 5) is 27.6. The van der Waals surface area contributed by atoms with E-state index in [4.69, 9.17) is 29.3 Å². The zero-order chi connectivity index (χ0) is 28.0. The van der Waals surface area contributed by atoms with E-state index in [-0.39, 0.29) is 0 Å². The number of hydrogen-bond acceptors (Lipinski definition) is 7. The molecule has 0 amide bonds. The van der Waals surface area contributed by atoms with Gasteiger partial charge in [0.25, 0.3) is 0 Å². The number of fused-ring (bicyclic) bond motifs is 1. The lowest BCUT2D eigenvalue weighted by Gasteiger charge is -2.27. The van der Waals surface area contributed by atoms with Crippen LogP contribution in [0.2, 0.25) is 0 Å². The summed E-state index contributed by atoms with van der Waals surface area (Å²) in [5.41, 5.74) is 3.45. The molecular weight excluding hydrogens is 516 g/mol. The average Bonchev–Trinajstić information content (AvgIpc) is 3.50. The highest BCUT2D eigenvalue weighted by molar-refractivity contribution is 5.73. The van der Waals surface area contributed by atoms with Crippen molar-refractivity contribution >= 4 is 11.9 Å². The Morgan fingerprint density at radius 1 is 0.919 bits per heavy atom. The number of aryl methyl sites for hydroxylation is 2. The molecule has 0 unspecified atom stereocenters. The number of nitrogens with zero attached hydrogens (tertiary/aromatic N) is 5. The number of halogens is 6. The Bertz CT molecular complexity index is 1020. The Hall–Kier alpha value is -3.14. The molecule has 4 heterocycles. The zero-order valence-electron chi connectivity index (χ0n) is 20.1. The number of carboxylic acids is 2. The SMILES string of the molecule is Cc1noc(C)c1CN1CCn2cc(CN3CCCC3)nc2C1.O=C(O)C(F)(F)F.O=C(O)C(F)(F)F. The molecule has 4 rings (SSSR count). The summed E-state index contributed by atoms with van der Waals surface area (Å²) in [6.45, 7) is 11.3. The van der Waals surface area contributed by atoms with Crippen LogP contribution in [0.4, 0.5) is 26.3 Å². The van der Waals surface area contributed by atoms with Gasteiger partial charge in [0, 0.05) is 37.9 Å². The first-order chi connectivity index (χ1) is 17.1. The molecule has 0 saturated carbocycles. The quantitative estimate of drug-likeness (QED) is 0.559. The molecule has 0 aliphatic carbocycles. The fourth-order valence-electron chi connectivity index (χ4n) is 3.69. The van der Waals surface area contributed by atoms with Crippen LogP contribution < -0.4 is 0 Å². The predicted octanol–water partition coefficient (Wildman–Crippen LogP) is 3.37. The molecular formula is C21H27F6N5O5. The third kappa shape index (κ3) is 9.35. The molecule has 2 aliphatic heterocycles. The second-order valence-corrected chi connectivity index (χ2v) is 8.44. The molecule has 1 saturated heterocycles. The number of rotatable bonds is 4. The maximum Gasteiger partial charge on any atom is 0.490 e. The number of aromatic nitrogens is 3. The molecule has 2 aliphatic rings. The number of carboxylic acid groups (broad SMARTS) is 2. The summed E-state index contributed by atoms with van der Waals surface area (Å²) < 4.78 is 71.1. The van der Waals surface area contributed by atoms with Crippen LogP contribution in [-0.2, 0) is 35.8 Å². The minimum atomic E-state index is -5.08. The van der Waals surface area contributed by atoms with Gasteiger partial charge in [-0.3, -0.25) is 9.80 Å². The molecule has 37 heavy (non-hydrogen) atoms. The third-order valence-corrected chi connectivity index (χ3v) is 5.56. The van der Waals surface area contributed by atoms with E-state index in [0.717, 1.165) is 44.2 Å². The third-order valence-electron chi connectivity index (χ3n) is 5.56. The van der Waals surface area contributed by atoms with Crippen molar-refractivity contribution in [3.05, 3.63) is 34.7 Å². The van der Waals surface area contributed by atoms with Crippen molar-refractivity contribution < 1.29 is 50.7 Å². The Morgan fingerprint density at radius 2 is 1.46 bits per heavy atom. The van der Waals surface area contributed by atoms with E-state index < -0.39 is 24.3 Å².